The van der Waals surface area contributed by atoms with Crippen LogP contribution in [0.1, 0.15) is 11.3 Å². The lowest BCUT2D eigenvalue weighted by Crippen LogP contribution is -2.16. The molecule has 0 radical (unpaired) electrons. The quantitative estimate of drug-likeness (QED) is 0.942. The predicted octanol–water partition coefficient (Wildman–Crippen LogP) is 2.65. The van der Waals surface area contributed by atoms with Gasteiger partial charge >= 0.3 is 0 Å². The van der Waals surface area contributed by atoms with Gasteiger partial charge in [-0.3, -0.25) is 4.90 Å². The van der Waals surface area contributed by atoms with Gasteiger partial charge in [0.05, 0.1) is 6.54 Å². The molecule has 1 aromatic heterocycles. The van der Waals surface area contributed by atoms with E-state index in [-0.39, 0.29) is 0 Å². The van der Waals surface area contributed by atoms with Crippen LogP contribution in [0.25, 0.3) is 0 Å². The minimum absolute atomic E-state index is 0.428. The average Bonchev–Trinajstić information content (AvgIpc) is 2.67. The van der Waals surface area contributed by atoms with Crippen LogP contribution in [0.15, 0.2) is 39.3 Å². The summed E-state index contributed by atoms with van der Waals surface area (Å²) in [5.74, 6) is 1.21. The van der Waals surface area contributed by atoms with Crippen LogP contribution in [0, 0.1) is 0 Å². The molecule has 4 nitrogen and oxygen atoms in total. The maximum atomic E-state index is 5.49. The third-order valence-electron chi connectivity index (χ3n) is 2.37. The number of nitrogens with two attached hydrogens (primary N) is 1. The molecular weight excluding hydrogens is 282 g/mol. The minimum Gasteiger partial charge on any atom is -0.381 e. The first kappa shape index (κ1) is 12.1. The van der Waals surface area contributed by atoms with Crippen LogP contribution in [0.4, 0.5) is 5.82 Å². The third kappa shape index (κ3) is 3.57. The molecule has 0 saturated carbocycles. The van der Waals surface area contributed by atoms with Gasteiger partial charge in [0.15, 0.2) is 11.6 Å². The Balaban J connectivity index is 1.93. The van der Waals surface area contributed by atoms with Gasteiger partial charge in [-0.2, -0.15) is 0 Å². The van der Waals surface area contributed by atoms with Gasteiger partial charge in [0.1, 0.15) is 0 Å². The zero-order valence-corrected chi connectivity index (χ0v) is 11.1. The van der Waals surface area contributed by atoms with Crippen molar-refractivity contribution in [2.75, 3.05) is 12.8 Å². The van der Waals surface area contributed by atoms with Crippen molar-refractivity contribution in [2.24, 2.45) is 0 Å². The van der Waals surface area contributed by atoms with E-state index >= 15 is 0 Å². The molecular formula is C12H14BrN3O. The smallest absolute Gasteiger partial charge is 0.167 e. The van der Waals surface area contributed by atoms with Crippen molar-refractivity contribution < 1.29 is 4.52 Å². The Hall–Kier alpha value is -1.33. The number of aromatic nitrogens is 1. The maximum absolute atomic E-state index is 5.49. The second kappa shape index (κ2) is 5.33. The highest BCUT2D eigenvalue weighted by Crippen LogP contribution is 2.13. The highest BCUT2D eigenvalue weighted by atomic mass is 79.9. The Morgan fingerprint density at radius 3 is 2.59 bits per heavy atom. The molecule has 2 rings (SSSR count). The normalized spacial score (nSPS) is 11.0. The lowest BCUT2D eigenvalue weighted by Gasteiger charge is -2.14. The molecule has 1 aromatic carbocycles. The number of nitrogen functional groups attached to an aromatic ring is 1. The Morgan fingerprint density at radius 1 is 1.29 bits per heavy atom. The van der Waals surface area contributed by atoms with Crippen molar-refractivity contribution in [1.29, 1.82) is 0 Å². The zero-order valence-electron chi connectivity index (χ0n) is 9.56. The summed E-state index contributed by atoms with van der Waals surface area (Å²) < 4.78 is 6.16. The summed E-state index contributed by atoms with van der Waals surface area (Å²) in [5.41, 5.74) is 6.75. The SMILES string of the molecule is CN(Cc1ccc(Br)cc1)Cc1cc(N)no1. The molecule has 2 N–H and O–H groups in total. The molecule has 0 aliphatic rings. The van der Waals surface area contributed by atoms with Gasteiger partial charge in [0.2, 0.25) is 0 Å². The number of hydrogen-bond donors (Lipinski definition) is 1. The molecule has 90 valence electrons. The van der Waals surface area contributed by atoms with Gasteiger partial charge in [-0.25, -0.2) is 0 Å². The van der Waals surface area contributed by atoms with E-state index in [1.807, 2.05) is 19.2 Å². The Labute approximate surface area is 109 Å². The van der Waals surface area contributed by atoms with Crippen molar-refractivity contribution >= 4 is 21.7 Å². The summed E-state index contributed by atoms with van der Waals surface area (Å²) >= 11 is 3.42. The first-order valence-corrected chi connectivity index (χ1v) is 6.07. The third-order valence-corrected chi connectivity index (χ3v) is 2.90. The molecule has 1 heterocycles. The predicted molar refractivity (Wildman–Crippen MR) is 70.2 cm³/mol. The number of rotatable bonds is 4. The van der Waals surface area contributed by atoms with E-state index in [0.717, 1.165) is 16.8 Å². The molecule has 2 aromatic rings. The van der Waals surface area contributed by atoms with Crippen LogP contribution in [0.3, 0.4) is 0 Å². The second-order valence-electron chi connectivity index (χ2n) is 4.02. The summed E-state index contributed by atoms with van der Waals surface area (Å²) in [4.78, 5) is 2.14. The summed E-state index contributed by atoms with van der Waals surface area (Å²) in [6.45, 7) is 1.55. The van der Waals surface area contributed by atoms with Crippen LogP contribution in [-0.2, 0) is 13.1 Å². The van der Waals surface area contributed by atoms with E-state index in [4.69, 9.17) is 10.3 Å². The maximum Gasteiger partial charge on any atom is 0.167 e. The van der Waals surface area contributed by atoms with Gasteiger partial charge in [0.25, 0.3) is 0 Å². The molecule has 0 fully saturated rings. The van der Waals surface area contributed by atoms with E-state index in [1.54, 1.807) is 6.07 Å². The first-order chi connectivity index (χ1) is 8.13. The summed E-state index contributed by atoms with van der Waals surface area (Å²) in [6.07, 6.45) is 0. The molecule has 0 aliphatic heterocycles. The lowest BCUT2D eigenvalue weighted by atomic mass is 10.2. The minimum atomic E-state index is 0.428. The number of anilines is 1. The van der Waals surface area contributed by atoms with Crippen LogP contribution in [-0.4, -0.2) is 17.1 Å². The van der Waals surface area contributed by atoms with Gasteiger partial charge in [-0.05, 0) is 24.7 Å². The van der Waals surface area contributed by atoms with Crippen LogP contribution < -0.4 is 5.73 Å². The van der Waals surface area contributed by atoms with Gasteiger partial charge in [-0.1, -0.05) is 33.2 Å². The van der Waals surface area contributed by atoms with E-state index in [0.29, 0.717) is 12.4 Å². The fourth-order valence-electron chi connectivity index (χ4n) is 1.63. The monoisotopic (exact) mass is 295 g/mol. The lowest BCUT2D eigenvalue weighted by molar-refractivity contribution is 0.267. The van der Waals surface area contributed by atoms with E-state index in [2.05, 4.69) is 38.1 Å². The van der Waals surface area contributed by atoms with Gasteiger partial charge in [-0.15, -0.1) is 0 Å². The van der Waals surface area contributed by atoms with Crippen LogP contribution in [0.5, 0.6) is 0 Å². The number of hydrogen-bond acceptors (Lipinski definition) is 4. The Bertz CT molecular complexity index is 481. The van der Waals surface area contributed by atoms with Crippen LogP contribution in [0.2, 0.25) is 0 Å². The average molecular weight is 296 g/mol. The van der Waals surface area contributed by atoms with Gasteiger partial charge < -0.3 is 10.3 Å². The van der Waals surface area contributed by atoms with E-state index in [1.165, 1.54) is 5.56 Å². The first-order valence-electron chi connectivity index (χ1n) is 5.27. The van der Waals surface area contributed by atoms with Crippen molar-refractivity contribution in [3.63, 3.8) is 0 Å². The summed E-state index contributed by atoms with van der Waals surface area (Å²) in [7, 11) is 2.03. The van der Waals surface area contributed by atoms with Crippen molar-refractivity contribution in [3.8, 4) is 0 Å². The molecule has 0 amide bonds. The second-order valence-corrected chi connectivity index (χ2v) is 4.93. The van der Waals surface area contributed by atoms with Crippen LogP contribution >= 0.6 is 15.9 Å². The number of halogens is 1. The largest absolute Gasteiger partial charge is 0.381 e. The van der Waals surface area contributed by atoms with E-state index in [9.17, 15) is 0 Å². The molecule has 0 saturated heterocycles. The molecule has 0 bridgehead atoms. The molecule has 0 atom stereocenters. The van der Waals surface area contributed by atoms with Crippen molar-refractivity contribution in [2.45, 2.75) is 13.1 Å². The topological polar surface area (TPSA) is 55.3 Å². The molecule has 17 heavy (non-hydrogen) atoms. The number of nitrogens with zero attached hydrogens (tertiary/aromatic N) is 2. The van der Waals surface area contributed by atoms with Crippen molar-refractivity contribution in [3.05, 3.63) is 46.1 Å². The Morgan fingerprint density at radius 2 is 2.00 bits per heavy atom. The highest BCUT2D eigenvalue weighted by molar-refractivity contribution is 9.10. The zero-order chi connectivity index (χ0) is 12.3. The fraction of sp³-hybridized carbons (Fsp3) is 0.250. The fourth-order valence-corrected chi connectivity index (χ4v) is 1.89. The number of benzene rings is 1. The molecule has 0 aliphatic carbocycles. The van der Waals surface area contributed by atoms with Gasteiger partial charge in [0, 0.05) is 17.1 Å². The molecule has 0 spiro atoms. The molecule has 0 unspecified atom stereocenters. The van der Waals surface area contributed by atoms with E-state index < -0.39 is 0 Å². The summed E-state index contributed by atoms with van der Waals surface area (Å²) in [5, 5.41) is 3.66. The molecule has 5 heteroatoms. The summed E-state index contributed by atoms with van der Waals surface area (Å²) in [6, 6.07) is 10.0. The highest BCUT2D eigenvalue weighted by Gasteiger charge is 2.06. The van der Waals surface area contributed by atoms with Crippen molar-refractivity contribution in [1.82, 2.24) is 10.1 Å². The Kier molecular flexibility index (Phi) is 3.81. The standard InChI is InChI=1S/C12H14BrN3O/c1-16(8-11-6-12(14)15-17-11)7-9-2-4-10(13)5-3-9/h2-6H,7-8H2,1H3,(H2,14,15).